The highest BCUT2D eigenvalue weighted by molar-refractivity contribution is 9.10. The lowest BCUT2D eigenvalue weighted by Crippen LogP contribution is -1.84. The van der Waals surface area contributed by atoms with Crippen molar-refractivity contribution in [3.8, 4) is 10.9 Å². The van der Waals surface area contributed by atoms with Crippen LogP contribution in [-0.4, -0.2) is 4.98 Å². The second-order valence-corrected chi connectivity index (χ2v) is 4.19. The van der Waals surface area contributed by atoms with Crippen molar-refractivity contribution in [2.24, 2.45) is 0 Å². The first-order chi connectivity index (χ1) is 6.75. The summed E-state index contributed by atoms with van der Waals surface area (Å²) in [6.07, 6.45) is 1.65. The van der Waals surface area contributed by atoms with E-state index in [1.807, 2.05) is 5.38 Å². The predicted molar refractivity (Wildman–Crippen MR) is 56.3 cm³/mol. The molecule has 0 saturated heterocycles. The number of nitrogens with zero attached hydrogens (tertiary/aromatic N) is 1. The minimum absolute atomic E-state index is 0.309. The molecule has 5 heteroatoms. The van der Waals surface area contributed by atoms with Gasteiger partial charge >= 0.3 is 0 Å². The van der Waals surface area contributed by atoms with Gasteiger partial charge < -0.3 is 4.74 Å². The van der Waals surface area contributed by atoms with Gasteiger partial charge in [-0.3, -0.25) is 0 Å². The molecule has 0 fully saturated rings. The molecule has 0 aliphatic rings. The third-order valence-electron chi connectivity index (χ3n) is 1.51. The fourth-order valence-electron chi connectivity index (χ4n) is 0.902. The topological polar surface area (TPSA) is 22.1 Å². The van der Waals surface area contributed by atoms with Crippen LogP contribution in [0.5, 0.6) is 10.9 Å². The fraction of sp³-hybridized carbons (Fsp3) is 0. The summed E-state index contributed by atoms with van der Waals surface area (Å²) in [6, 6.07) is 4.46. The second kappa shape index (κ2) is 4.06. The van der Waals surface area contributed by atoms with E-state index in [0.717, 1.165) is 0 Å². The molecule has 2 aromatic rings. The van der Waals surface area contributed by atoms with E-state index in [1.165, 1.54) is 17.4 Å². The largest absolute Gasteiger partial charge is 0.431 e. The van der Waals surface area contributed by atoms with Crippen molar-refractivity contribution in [1.82, 2.24) is 4.98 Å². The molecule has 2 rings (SSSR count). The van der Waals surface area contributed by atoms with Crippen LogP contribution in [0.25, 0.3) is 0 Å². The van der Waals surface area contributed by atoms with Gasteiger partial charge in [-0.1, -0.05) is 11.3 Å². The quantitative estimate of drug-likeness (QED) is 0.830. The lowest BCUT2D eigenvalue weighted by Gasteiger charge is -2.01. The minimum Gasteiger partial charge on any atom is -0.431 e. The third kappa shape index (κ3) is 2.10. The highest BCUT2D eigenvalue weighted by Gasteiger charge is 2.03. The fourth-order valence-corrected chi connectivity index (χ4v) is 1.76. The number of hydrogen-bond donors (Lipinski definition) is 0. The summed E-state index contributed by atoms with van der Waals surface area (Å²) in [5.41, 5.74) is 0. The van der Waals surface area contributed by atoms with Gasteiger partial charge in [0.25, 0.3) is 5.19 Å². The summed E-state index contributed by atoms with van der Waals surface area (Å²) in [4.78, 5) is 3.95. The Labute approximate surface area is 92.5 Å². The van der Waals surface area contributed by atoms with Gasteiger partial charge in [-0.15, -0.1) is 0 Å². The molecule has 0 atom stereocenters. The van der Waals surface area contributed by atoms with Crippen LogP contribution in [0.4, 0.5) is 4.39 Å². The number of benzene rings is 1. The summed E-state index contributed by atoms with van der Waals surface area (Å²) >= 11 is 4.46. The van der Waals surface area contributed by atoms with Crippen LogP contribution >= 0.6 is 27.3 Å². The standard InChI is InChI=1S/C9H5BrFNOS/c10-7-5-6(1-2-8(7)11)13-9-12-3-4-14-9/h1-5H. The van der Waals surface area contributed by atoms with Crippen molar-refractivity contribution in [2.75, 3.05) is 0 Å². The molecular weight excluding hydrogens is 269 g/mol. The number of hydrogen-bond acceptors (Lipinski definition) is 3. The zero-order valence-electron chi connectivity index (χ0n) is 6.91. The van der Waals surface area contributed by atoms with E-state index >= 15 is 0 Å². The first-order valence-corrected chi connectivity index (χ1v) is 5.45. The number of ether oxygens (including phenoxy) is 1. The number of rotatable bonds is 2. The van der Waals surface area contributed by atoms with Gasteiger partial charge in [-0.25, -0.2) is 9.37 Å². The number of thiazole rings is 1. The van der Waals surface area contributed by atoms with Crippen molar-refractivity contribution < 1.29 is 9.13 Å². The molecule has 1 aromatic carbocycles. The van der Waals surface area contributed by atoms with Gasteiger partial charge in [0.15, 0.2) is 0 Å². The Morgan fingerprint density at radius 3 is 2.93 bits per heavy atom. The maximum absolute atomic E-state index is 12.9. The molecule has 14 heavy (non-hydrogen) atoms. The van der Waals surface area contributed by atoms with Crippen LogP contribution in [0.2, 0.25) is 0 Å². The zero-order valence-corrected chi connectivity index (χ0v) is 9.31. The van der Waals surface area contributed by atoms with Crippen LogP contribution in [0.3, 0.4) is 0 Å². The van der Waals surface area contributed by atoms with Crippen molar-refractivity contribution in [3.63, 3.8) is 0 Å². The molecule has 0 spiro atoms. The summed E-state index contributed by atoms with van der Waals surface area (Å²) < 4.78 is 18.6. The van der Waals surface area contributed by atoms with E-state index in [1.54, 1.807) is 18.3 Å². The molecule has 1 aromatic heterocycles. The lowest BCUT2D eigenvalue weighted by molar-refractivity contribution is 0.476. The smallest absolute Gasteiger partial charge is 0.278 e. The molecule has 72 valence electrons. The molecule has 1 heterocycles. The zero-order chi connectivity index (χ0) is 9.97. The van der Waals surface area contributed by atoms with Crippen molar-refractivity contribution in [2.45, 2.75) is 0 Å². The van der Waals surface area contributed by atoms with E-state index < -0.39 is 0 Å². The minimum atomic E-state index is -0.309. The lowest BCUT2D eigenvalue weighted by atomic mass is 10.3. The van der Waals surface area contributed by atoms with Gasteiger partial charge in [0.1, 0.15) is 11.6 Å². The molecule has 0 radical (unpaired) electrons. The van der Waals surface area contributed by atoms with Gasteiger partial charge in [0.05, 0.1) is 4.47 Å². The van der Waals surface area contributed by atoms with E-state index in [0.29, 0.717) is 15.4 Å². The molecule has 2 nitrogen and oxygen atoms in total. The highest BCUT2D eigenvalue weighted by Crippen LogP contribution is 2.27. The molecule has 0 saturated carbocycles. The Morgan fingerprint density at radius 1 is 1.43 bits per heavy atom. The maximum Gasteiger partial charge on any atom is 0.278 e. The average Bonchev–Trinajstić information content (AvgIpc) is 2.64. The molecule has 0 N–H and O–H groups in total. The first-order valence-electron chi connectivity index (χ1n) is 3.78. The normalized spacial score (nSPS) is 10.1. The number of halogens is 2. The van der Waals surface area contributed by atoms with E-state index in [9.17, 15) is 4.39 Å². The molecule has 0 aliphatic carbocycles. The highest BCUT2D eigenvalue weighted by atomic mass is 79.9. The SMILES string of the molecule is Fc1ccc(Oc2nccs2)cc1Br. The molecule has 0 bridgehead atoms. The van der Waals surface area contributed by atoms with Crippen molar-refractivity contribution in [1.29, 1.82) is 0 Å². The van der Waals surface area contributed by atoms with Crippen LogP contribution in [0.15, 0.2) is 34.2 Å². The predicted octanol–water partition coefficient (Wildman–Crippen LogP) is 3.84. The van der Waals surface area contributed by atoms with Gasteiger partial charge in [-0.05, 0) is 34.1 Å². The Morgan fingerprint density at radius 2 is 2.29 bits per heavy atom. The maximum atomic E-state index is 12.9. The third-order valence-corrected chi connectivity index (χ3v) is 2.76. The summed E-state index contributed by atoms with van der Waals surface area (Å²) in [5, 5.41) is 2.36. The van der Waals surface area contributed by atoms with Crippen LogP contribution in [-0.2, 0) is 0 Å². The summed E-state index contributed by atoms with van der Waals surface area (Å²) in [6.45, 7) is 0. The molecule has 0 aliphatic heterocycles. The number of aromatic nitrogens is 1. The van der Waals surface area contributed by atoms with Crippen molar-refractivity contribution >= 4 is 27.3 Å². The Bertz CT molecular complexity index is 432. The van der Waals surface area contributed by atoms with Crippen LogP contribution < -0.4 is 4.74 Å². The summed E-state index contributed by atoms with van der Waals surface area (Å²) in [7, 11) is 0. The van der Waals surface area contributed by atoms with E-state index in [2.05, 4.69) is 20.9 Å². The van der Waals surface area contributed by atoms with Gasteiger partial charge in [-0.2, -0.15) is 0 Å². The summed E-state index contributed by atoms with van der Waals surface area (Å²) in [5.74, 6) is 0.254. The Hall–Kier alpha value is -0.940. The molecule has 0 unspecified atom stereocenters. The Kier molecular flexibility index (Phi) is 2.79. The average molecular weight is 274 g/mol. The molecular formula is C9H5BrFNOS. The second-order valence-electron chi connectivity index (χ2n) is 2.48. The van der Waals surface area contributed by atoms with Gasteiger partial charge in [0.2, 0.25) is 0 Å². The van der Waals surface area contributed by atoms with Crippen LogP contribution in [0.1, 0.15) is 0 Å². The van der Waals surface area contributed by atoms with Crippen LogP contribution in [0, 0.1) is 5.82 Å². The van der Waals surface area contributed by atoms with Gasteiger partial charge in [0, 0.05) is 11.6 Å². The first kappa shape index (κ1) is 9.61. The Balaban J connectivity index is 2.22. The van der Waals surface area contributed by atoms with E-state index in [-0.39, 0.29) is 5.82 Å². The molecule has 0 amide bonds. The van der Waals surface area contributed by atoms with Crippen molar-refractivity contribution in [3.05, 3.63) is 40.1 Å². The van der Waals surface area contributed by atoms with E-state index in [4.69, 9.17) is 4.74 Å². The monoisotopic (exact) mass is 273 g/mol.